The first-order chi connectivity index (χ1) is 14.2. The number of rotatable bonds is 6. The van der Waals surface area contributed by atoms with E-state index < -0.39 is 29.9 Å². The molecule has 0 aliphatic carbocycles. The quantitative estimate of drug-likeness (QED) is 0.593. The molecule has 0 saturated carbocycles. The van der Waals surface area contributed by atoms with E-state index in [1.54, 1.807) is 13.0 Å². The Bertz CT molecular complexity index is 1030. The Balaban J connectivity index is 1.64. The lowest BCUT2D eigenvalue weighted by Gasteiger charge is -2.14. The number of aliphatic hydroxyl groups excluding tert-OH is 1. The average molecular weight is 423 g/mol. The Morgan fingerprint density at radius 3 is 2.50 bits per heavy atom. The molecule has 2 N–H and O–H groups in total. The van der Waals surface area contributed by atoms with Gasteiger partial charge in [-0.15, -0.1) is 13.2 Å². The number of nitrogens with one attached hydrogen (secondary N) is 1. The van der Waals surface area contributed by atoms with Gasteiger partial charge in [0, 0.05) is 6.54 Å². The number of hydrogen-bond acceptors (Lipinski definition) is 4. The van der Waals surface area contributed by atoms with Gasteiger partial charge in [-0.2, -0.15) is 5.10 Å². The van der Waals surface area contributed by atoms with Crippen LogP contribution >= 0.6 is 0 Å². The average Bonchev–Trinajstić information content (AvgIpc) is 3.07. The molecule has 10 heteroatoms. The fraction of sp³-hybridized carbons (Fsp3) is 0.200. The van der Waals surface area contributed by atoms with Crippen molar-refractivity contribution in [3.8, 4) is 11.4 Å². The van der Waals surface area contributed by atoms with E-state index >= 15 is 0 Å². The zero-order chi connectivity index (χ0) is 21.9. The number of hydrogen-bond donors (Lipinski definition) is 2. The van der Waals surface area contributed by atoms with Crippen LogP contribution in [0, 0.1) is 12.7 Å². The molecule has 1 amide bonds. The molecule has 1 aromatic heterocycles. The second kappa shape index (κ2) is 8.54. The minimum absolute atomic E-state index is 0.190. The van der Waals surface area contributed by atoms with Crippen molar-refractivity contribution in [2.45, 2.75) is 19.4 Å². The molecule has 0 saturated heterocycles. The lowest BCUT2D eigenvalue weighted by atomic mass is 10.1. The van der Waals surface area contributed by atoms with Gasteiger partial charge in [0.25, 0.3) is 5.91 Å². The smallest absolute Gasteiger partial charge is 0.406 e. The topological polar surface area (TPSA) is 76.4 Å². The molecule has 2 aromatic carbocycles. The second-order valence-electron chi connectivity index (χ2n) is 6.35. The summed E-state index contributed by atoms with van der Waals surface area (Å²) >= 11 is 0. The molecule has 0 fully saturated rings. The predicted molar refractivity (Wildman–Crippen MR) is 98.7 cm³/mol. The van der Waals surface area contributed by atoms with Crippen LogP contribution in [-0.4, -0.2) is 33.7 Å². The number of nitrogens with zero attached hydrogens (tertiary/aromatic N) is 2. The van der Waals surface area contributed by atoms with Gasteiger partial charge in [-0.25, -0.2) is 9.07 Å². The first kappa shape index (κ1) is 21.3. The third-order valence-corrected chi connectivity index (χ3v) is 4.29. The van der Waals surface area contributed by atoms with Gasteiger partial charge >= 0.3 is 6.36 Å². The molecule has 158 valence electrons. The number of carbonyl (C=O) groups is 1. The van der Waals surface area contributed by atoms with Crippen molar-refractivity contribution in [2.24, 2.45) is 0 Å². The fourth-order valence-electron chi connectivity index (χ4n) is 2.79. The molecule has 3 rings (SSSR count). The number of benzene rings is 2. The number of para-hydroxylation sites is 1. The van der Waals surface area contributed by atoms with Crippen LogP contribution in [0.5, 0.6) is 5.75 Å². The van der Waals surface area contributed by atoms with E-state index in [-0.39, 0.29) is 17.8 Å². The maximum absolute atomic E-state index is 14.0. The monoisotopic (exact) mass is 423 g/mol. The van der Waals surface area contributed by atoms with Crippen molar-refractivity contribution in [1.82, 2.24) is 15.1 Å². The molecule has 1 atom stereocenters. The Labute approximate surface area is 168 Å². The summed E-state index contributed by atoms with van der Waals surface area (Å²) in [6, 6.07) is 10.6. The maximum atomic E-state index is 14.0. The minimum atomic E-state index is -4.81. The van der Waals surface area contributed by atoms with Gasteiger partial charge in [0.2, 0.25) is 0 Å². The molecule has 0 bridgehead atoms. The van der Waals surface area contributed by atoms with E-state index in [4.69, 9.17) is 0 Å². The standard InChI is InChI=1S/C20H17F4N3O3/c1-12-15(10-26-27(12)17-5-3-2-4-16(17)21)19(29)25-11-18(28)13-6-8-14(9-7-13)30-20(22,23)24/h2-10,18,28H,11H2,1H3,(H,25,29). The van der Waals surface area contributed by atoms with Gasteiger partial charge in [0.15, 0.2) is 0 Å². The Morgan fingerprint density at radius 2 is 1.87 bits per heavy atom. The van der Waals surface area contributed by atoms with Gasteiger partial charge < -0.3 is 15.2 Å². The number of ether oxygens (including phenoxy) is 1. The second-order valence-corrected chi connectivity index (χ2v) is 6.35. The first-order valence-electron chi connectivity index (χ1n) is 8.77. The van der Waals surface area contributed by atoms with Crippen LogP contribution in [0.15, 0.2) is 54.7 Å². The van der Waals surface area contributed by atoms with Crippen molar-refractivity contribution >= 4 is 5.91 Å². The highest BCUT2D eigenvalue weighted by atomic mass is 19.4. The van der Waals surface area contributed by atoms with Crippen LogP contribution in [0.2, 0.25) is 0 Å². The van der Waals surface area contributed by atoms with E-state index in [9.17, 15) is 27.5 Å². The van der Waals surface area contributed by atoms with Crippen LogP contribution < -0.4 is 10.1 Å². The highest BCUT2D eigenvalue weighted by molar-refractivity contribution is 5.95. The largest absolute Gasteiger partial charge is 0.573 e. The molecule has 1 unspecified atom stereocenters. The minimum Gasteiger partial charge on any atom is -0.406 e. The third-order valence-electron chi connectivity index (χ3n) is 4.29. The van der Waals surface area contributed by atoms with E-state index in [0.717, 1.165) is 12.1 Å². The van der Waals surface area contributed by atoms with Crippen molar-refractivity contribution in [2.75, 3.05) is 6.54 Å². The molecule has 0 aliphatic rings. The maximum Gasteiger partial charge on any atom is 0.573 e. The van der Waals surface area contributed by atoms with Crippen LogP contribution in [0.3, 0.4) is 0 Å². The van der Waals surface area contributed by atoms with Crippen LogP contribution in [-0.2, 0) is 0 Å². The lowest BCUT2D eigenvalue weighted by molar-refractivity contribution is -0.274. The van der Waals surface area contributed by atoms with Gasteiger partial charge in [-0.3, -0.25) is 4.79 Å². The van der Waals surface area contributed by atoms with E-state index in [0.29, 0.717) is 11.3 Å². The van der Waals surface area contributed by atoms with Crippen LogP contribution in [0.25, 0.3) is 5.69 Å². The van der Waals surface area contributed by atoms with E-state index in [2.05, 4.69) is 15.2 Å². The SMILES string of the molecule is Cc1c(C(=O)NCC(O)c2ccc(OC(F)(F)F)cc2)cnn1-c1ccccc1F. The van der Waals surface area contributed by atoms with Crippen LogP contribution in [0.1, 0.15) is 27.7 Å². The third kappa shape index (κ3) is 4.95. The van der Waals surface area contributed by atoms with Crippen molar-refractivity contribution in [1.29, 1.82) is 0 Å². The predicted octanol–water partition coefficient (Wildman–Crippen LogP) is 3.68. The normalized spacial score (nSPS) is 12.5. The summed E-state index contributed by atoms with van der Waals surface area (Å²) in [6.07, 6.45) is -4.68. The summed E-state index contributed by atoms with van der Waals surface area (Å²) in [6.45, 7) is 1.41. The molecular formula is C20H17F4N3O3. The summed E-state index contributed by atoms with van der Waals surface area (Å²) in [5.41, 5.74) is 1.08. The van der Waals surface area contributed by atoms with Crippen LogP contribution in [0.4, 0.5) is 17.6 Å². The Hall–Kier alpha value is -3.40. The summed E-state index contributed by atoms with van der Waals surface area (Å²) in [5.74, 6) is -1.45. The number of aliphatic hydroxyl groups is 1. The number of carbonyl (C=O) groups excluding carboxylic acids is 1. The van der Waals surface area contributed by atoms with E-state index in [1.807, 2.05) is 0 Å². The van der Waals surface area contributed by atoms with Gasteiger partial charge in [-0.1, -0.05) is 24.3 Å². The highest BCUT2D eigenvalue weighted by Gasteiger charge is 2.31. The van der Waals surface area contributed by atoms with Crippen molar-refractivity contribution < 1.29 is 32.2 Å². The van der Waals surface area contributed by atoms with Crippen molar-refractivity contribution in [3.63, 3.8) is 0 Å². The fourth-order valence-corrected chi connectivity index (χ4v) is 2.79. The lowest BCUT2D eigenvalue weighted by Crippen LogP contribution is -2.28. The van der Waals surface area contributed by atoms with Gasteiger partial charge in [0.1, 0.15) is 17.3 Å². The molecule has 3 aromatic rings. The number of aromatic nitrogens is 2. The molecule has 0 radical (unpaired) electrons. The molecular weight excluding hydrogens is 406 g/mol. The summed E-state index contributed by atoms with van der Waals surface area (Å²) in [7, 11) is 0. The van der Waals surface area contributed by atoms with E-state index in [1.165, 1.54) is 41.2 Å². The first-order valence-corrected chi connectivity index (χ1v) is 8.77. The molecule has 6 nitrogen and oxygen atoms in total. The highest BCUT2D eigenvalue weighted by Crippen LogP contribution is 2.24. The summed E-state index contributed by atoms with van der Waals surface area (Å²) in [4.78, 5) is 12.4. The Kier molecular flexibility index (Phi) is 6.06. The molecule has 1 heterocycles. The zero-order valence-corrected chi connectivity index (χ0v) is 15.7. The number of alkyl halides is 3. The van der Waals surface area contributed by atoms with Crippen molar-refractivity contribution in [3.05, 3.63) is 77.4 Å². The zero-order valence-electron chi connectivity index (χ0n) is 15.7. The summed E-state index contributed by atoms with van der Waals surface area (Å²) < 4.78 is 55.6. The molecule has 0 spiro atoms. The summed E-state index contributed by atoms with van der Waals surface area (Å²) in [5, 5.41) is 16.7. The van der Waals surface area contributed by atoms with Gasteiger partial charge in [-0.05, 0) is 36.8 Å². The molecule has 0 aliphatic heterocycles. The molecule has 30 heavy (non-hydrogen) atoms. The Morgan fingerprint density at radius 1 is 1.20 bits per heavy atom. The van der Waals surface area contributed by atoms with Gasteiger partial charge in [0.05, 0.1) is 23.6 Å². The number of halogens is 4. The number of amides is 1.